The Kier molecular flexibility index (Phi) is 5.38. The molecule has 0 spiro atoms. The van der Waals surface area contributed by atoms with Gasteiger partial charge in [0.05, 0.1) is 0 Å². The molecule has 0 radical (unpaired) electrons. The average molecular weight is 342 g/mol. The molecule has 5 nitrogen and oxygen atoms in total. The van der Waals surface area contributed by atoms with E-state index in [0.717, 1.165) is 22.5 Å². The fourth-order valence-corrected chi connectivity index (χ4v) is 3.19. The van der Waals surface area contributed by atoms with Crippen LogP contribution in [0.1, 0.15) is 5.82 Å². The summed E-state index contributed by atoms with van der Waals surface area (Å²) in [5.41, 5.74) is 2.84. The Balaban J connectivity index is 1.91. The van der Waals surface area contributed by atoms with Gasteiger partial charge >= 0.3 is 0 Å². The maximum absolute atomic E-state index is 5.60. The number of aromatic nitrogens is 3. The molecule has 0 aliphatic rings. The fourth-order valence-electron chi connectivity index (χ4n) is 1.64. The van der Waals surface area contributed by atoms with Crippen molar-refractivity contribution in [1.82, 2.24) is 20.2 Å². The van der Waals surface area contributed by atoms with Crippen molar-refractivity contribution in [3.05, 3.63) is 40.9 Å². The minimum Gasteiger partial charge on any atom is -0.271 e. The SMILES string of the molecule is Cn1ncnc1CC(CSc1cccc(Br)c1)NN. The number of hydrogen-bond donors (Lipinski definition) is 2. The summed E-state index contributed by atoms with van der Waals surface area (Å²) in [6, 6.07) is 8.39. The van der Waals surface area contributed by atoms with Gasteiger partial charge in [-0.05, 0) is 18.2 Å². The number of rotatable bonds is 6. The predicted octanol–water partition coefficient (Wildman–Crippen LogP) is 1.74. The van der Waals surface area contributed by atoms with E-state index in [1.807, 2.05) is 19.2 Å². The monoisotopic (exact) mass is 341 g/mol. The number of hydrazine groups is 1. The van der Waals surface area contributed by atoms with Gasteiger partial charge in [-0.25, -0.2) is 4.98 Å². The summed E-state index contributed by atoms with van der Waals surface area (Å²) >= 11 is 5.23. The summed E-state index contributed by atoms with van der Waals surface area (Å²) in [7, 11) is 1.89. The Hall–Kier alpha value is -0.890. The number of aryl methyl sites for hydroxylation is 1. The Morgan fingerprint density at radius 2 is 2.37 bits per heavy atom. The largest absolute Gasteiger partial charge is 0.271 e. The van der Waals surface area contributed by atoms with Gasteiger partial charge in [-0.2, -0.15) is 5.10 Å². The average Bonchev–Trinajstić information content (AvgIpc) is 2.80. The van der Waals surface area contributed by atoms with Gasteiger partial charge in [0.1, 0.15) is 12.2 Å². The Bertz CT molecular complexity index is 530. The Morgan fingerprint density at radius 3 is 3.00 bits per heavy atom. The minimum absolute atomic E-state index is 0.159. The van der Waals surface area contributed by atoms with Crippen LogP contribution in [0.2, 0.25) is 0 Å². The van der Waals surface area contributed by atoms with E-state index in [1.165, 1.54) is 4.90 Å². The smallest absolute Gasteiger partial charge is 0.138 e. The zero-order chi connectivity index (χ0) is 13.7. The molecule has 0 aliphatic carbocycles. The molecule has 19 heavy (non-hydrogen) atoms. The van der Waals surface area contributed by atoms with Crippen molar-refractivity contribution in [3.63, 3.8) is 0 Å². The zero-order valence-electron chi connectivity index (χ0n) is 10.6. The van der Waals surface area contributed by atoms with Gasteiger partial charge in [-0.1, -0.05) is 22.0 Å². The summed E-state index contributed by atoms with van der Waals surface area (Å²) in [5.74, 6) is 7.41. The Morgan fingerprint density at radius 1 is 1.53 bits per heavy atom. The first-order valence-electron chi connectivity index (χ1n) is 5.86. The van der Waals surface area contributed by atoms with E-state index < -0.39 is 0 Å². The van der Waals surface area contributed by atoms with Crippen LogP contribution in [0.25, 0.3) is 0 Å². The second-order valence-electron chi connectivity index (χ2n) is 4.14. The lowest BCUT2D eigenvalue weighted by atomic mass is 10.2. The molecular weight excluding hydrogens is 326 g/mol. The van der Waals surface area contributed by atoms with Crippen molar-refractivity contribution in [2.75, 3.05) is 5.75 Å². The third kappa shape index (κ3) is 4.31. The molecule has 0 amide bonds. The summed E-state index contributed by atoms with van der Waals surface area (Å²) in [6.07, 6.45) is 2.32. The van der Waals surface area contributed by atoms with Crippen molar-refractivity contribution < 1.29 is 0 Å². The van der Waals surface area contributed by atoms with Crippen LogP contribution in [0.15, 0.2) is 40.0 Å². The van der Waals surface area contributed by atoms with Crippen molar-refractivity contribution >= 4 is 27.7 Å². The first-order valence-corrected chi connectivity index (χ1v) is 7.64. The fraction of sp³-hybridized carbons (Fsp3) is 0.333. The Labute approximate surface area is 125 Å². The van der Waals surface area contributed by atoms with Gasteiger partial charge in [-0.3, -0.25) is 16.0 Å². The third-order valence-electron chi connectivity index (χ3n) is 2.72. The lowest BCUT2D eigenvalue weighted by Crippen LogP contribution is -2.39. The number of benzene rings is 1. The molecule has 1 unspecified atom stereocenters. The van der Waals surface area contributed by atoms with Crippen LogP contribution in [-0.2, 0) is 13.5 Å². The normalized spacial score (nSPS) is 12.6. The van der Waals surface area contributed by atoms with E-state index in [-0.39, 0.29) is 6.04 Å². The van der Waals surface area contributed by atoms with Crippen LogP contribution in [0, 0.1) is 0 Å². The quantitative estimate of drug-likeness (QED) is 0.476. The highest BCUT2D eigenvalue weighted by Gasteiger charge is 2.12. The van der Waals surface area contributed by atoms with Crippen LogP contribution in [0.3, 0.4) is 0 Å². The van der Waals surface area contributed by atoms with E-state index >= 15 is 0 Å². The maximum Gasteiger partial charge on any atom is 0.138 e. The van der Waals surface area contributed by atoms with E-state index in [4.69, 9.17) is 5.84 Å². The predicted molar refractivity (Wildman–Crippen MR) is 80.7 cm³/mol. The van der Waals surface area contributed by atoms with Crippen molar-refractivity contribution in [1.29, 1.82) is 0 Å². The van der Waals surface area contributed by atoms with Crippen LogP contribution in [-0.4, -0.2) is 26.6 Å². The number of thioether (sulfide) groups is 1. The third-order valence-corrected chi connectivity index (χ3v) is 4.37. The van der Waals surface area contributed by atoms with Gasteiger partial charge in [-0.15, -0.1) is 11.8 Å². The maximum atomic E-state index is 5.60. The molecule has 1 heterocycles. The molecule has 3 N–H and O–H groups in total. The summed E-state index contributed by atoms with van der Waals surface area (Å²) in [5, 5.41) is 4.06. The molecule has 2 aromatic rings. The van der Waals surface area contributed by atoms with Gasteiger partial charge in [0.25, 0.3) is 0 Å². The molecule has 0 bridgehead atoms. The molecule has 1 aromatic heterocycles. The van der Waals surface area contributed by atoms with Crippen molar-refractivity contribution in [3.8, 4) is 0 Å². The molecule has 0 fully saturated rings. The molecule has 0 saturated carbocycles. The highest BCUT2D eigenvalue weighted by atomic mass is 79.9. The van der Waals surface area contributed by atoms with Crippen LogP contribution < -0.4 is 11.3 Å². The van der Waals surface area contributed by atoms with Gasteiger partial charge in [0.15, 0.2) is 0 Å². The van der Waals surface area contributed by atoms with E-state index in [1.54, 1.807) is 22.8 Å². The molecular formula is C12H16BrN5S. The zero-order valence-corrected chi connectivity index (χ0v) is 13.0. The molecule has 7 heteroatoms. The second kappa shape index (κ2) is 7.04. The summed E-state index contributed by atoms with van der Waals surface area (Å²) in [4.78, 5) is 5.43. The summed E-state index contributed by atoms with van der Waals surface area (Å²) < 4.78 is 2.86. The number of hydrogen-bond acceptors (Lipinski definition) is 5. The van der Waals surface area contributed by atoms with Crippen molar-refractivity contribution in [2.45, 2.75) is 17.4 Å². The molecule has 102 valence electrons. The van der Waals surface area contributed by atoms with E-state index in [0.29, 0.717) is 0 Å². The highest BCUT2D eigenvalue weighted by molar-refractivity contribution is 9.10. The molecule has 0 saturated heterocycles. The minimum atomic E-state index is 0.159. The van der Waals surface area contributed by atoms with Crippen LogP contribution in [0.5, 0.6) is 0 Å². The molecule has 1 atom stereocenters. The first kappa shape index (κ1) is 14.5. The number of nitrogens with one attached hydrogen (secondary N) is 1. The molecule has 2 rings (SSSR count). The lowest BCUT2D eigenvalue weighted by molar-refractivity contribution is 0.544. The second-order valence-corrected chi connectivity index (χ2v) is 6.15. The molecule has 1 aromatic carbocycles. The first-order chi connectivity index (χ1) is 9.19. The van der Waals surface area contributed by atoms with E-state index in [2.05, 4.69) is 43.6 Å². The van der Waals surface area contributed by atoms with Crippen LogP contribution in [0.4, 0.5) is 0 Å². The summed E-state index contributed by atoms with van der Waals surface area (Å²) in [6.45, 7) is 0. The van der Waals surface area contributed by atoms with Crippen molar-refractivity contribution in [2.24, 2.45) is 12.9 Å². The lowest BCUT2D eigenvalue weighted by Gasteiger charge is -2.14. The molecule has 0 aliphatic heterocycles. The highest BCUT2D eigenvalue weighted by Crippen LogP contribution is 2.22. The van der Waals surface area contributed by atoms with Crippen LogP contribution >= 0.6 is 27.7 Å². The van der Waals surface area contributed by atoms with Gasteiger partial charge in [0, 0.05) is 34.6 Å². The topological polar surface area (TPSA) is 68.8 Å². The number of nitrogens with two attached hydrogens (primary N) is 1. The standard InChI is InChI=1S/C12H16BrN5S/c1-18-12(15-8-16-18)6-10(17-14)7-19-11-4-2-3-9(13)5-11/h2-5,8,10,17H,6-7,14H2,1H3. The van der Waals surface area contributed by atoms with Gasteiger partial charge < -0.3 is 0 Å². The van der Waals surface area contributed by atoms with Gasteiger partial charge in [0.2, 0.25) is 0 Å². The number of halogens is 1. The van der Waals surface area contributed by atoms with E-state index in [9.17, 15) is 0 Å². The number of nitrogens with zero attached hydrogens (tertiary/aromatic N) is 3.